The van der Waals surface area contributed by atoms with Gasteiger partial charge in [-0.25, -0.2) is 9.59 Å². The van der Waals surface area contributed by atoms with Gasteiger partial charge in [0.2, 0.25) is 0 Å². The van der Waals surface area contributed by atoms with Crippen molar-refractivity contribution in [2.45, 2.75) is 85.7 Å². The Bertz CT molecular complexity index is 1230. The fourth-order valence-electron chi connectivity index (χ4n) is 4.24. The van der Waals surface area contributed by atoms with Crippen LogP contribution in [0.25, 0.3) is 10.9 Å². The molecular weight excluding hydrogens is 468 g/mol. The highest BCUT2D eigenvalue weighted by atomic mass is 16.6. The van der Waals surface area contributed by atoms with Gasteiger partial charge < -0.3 is 19.5 Å². The van der Waals surface area contributed by atoms with Gasteiger partial charge in [0.1, 0.15) is 11.2 Å². The van der Waals surface area contributed by atoms with Crippen molar-refractivity contribution in [3.63, 3.8) is 0 Å². The zero-order chi connectivity index (χ0) is 27.4. The minimum absolute atomic E-state index is 0.276. The summed E-state index contributed by atoms with van der Waals surface area (Å²) in [7, 11) is 0. The number of nitrogens with one attached hydrogen (secondary N) is 1. The van der Waals surface area contributed by atoms with Gasteiger partial charge in [0.25, 0.3) is 0 Å². The maximum absolute atomic E-state index is 12.9. The maximum Gasteiger partial charge on any atom is 0.419 e. The first-order chi connectivity index (χ1) is 17.2. The highest BCUT2D eigenvalue weighted by molar-refractivity contribution is 5.92. The van der Waals surface area contributed by atoms with Crippen LogP contribution in [-0.4, -0.2) is 40.6 Å². The van der Waals surface area contributed by atoms with Gasteiger partial charge in [0.15, 0.2) is 0 Å². The number of benzene rings is 2. The molecule has 3 aromatic rings. The van der Waals surface area contributed by atoms with Crippen LogP contribution in [-0.2, 0) is 27.2 Å². The summed E-state index contributed by atoms with van der Waals surface area (Å²) in [4.78, 5) is 25.6. The first-order valence-corrected chi connectivity index (χ1v) is 12.7. The predicted molar refractivity (Wildman–Crippen MR) is 146 cm³/mol. The molecule has 200 valence electrons. The van der Waals surface area contributed by atoms with E-state index < -0.39 is 23.4 Å². The number of amides is 1. The zero-order valence-electron chi connectivity index (χ0n) is 23.3. The molecule has 0 saturated carbocycles. The standard InChI is InChI=1S/C30H40N2O5/c1-20-13-21(2)15-22(14-20)18-35-19-24(31-27(33)36-29(3,4)5)16-23-17-32(28(34)37-30(6,7)8)26-12-10-9-11-25(23)26/h9-15,17,24H,16,18-19H2,1-8H3,(H,31,33). The first kappa shape index (κ1) is 28.3. The number of hydrogen-bond acceptors (Lipinski definition) is 5. The maximum atomic E-state index is 12.9. The van der Waals surface area contributed by atoms with Crippen LogP contribution in [0.1, 0.15) is 63.8 Å². The number of aromatic nitrogens is 1. The van der Waals surface area contributed by atoms with Crippen molar-refractivity contribution in [2.24, 2.45) is 0 Å². The fraction of sp³-hybridized carbons (Fsp3) is 0.467. The van der Waals surface area contributed by atoms with Crippen molar-refractivity contribution in [3.05, 3.63) is 70.9 Å². The van der Waals surface area contributed by atoms with Gasteiger partial charge >= 0.3 is 12.2 Å². The summed E-state index contributed by atoms with van der Waals surface area (Å²) in [5.41, 5.74) is 3.84. The molecule has 0 saturated heterocycles. The van der Waals surface area contributed by atoms with Crippen LogP contribution < -0.4 is 5.32 Å². The third-order valence-corrected chi connectivity index (χ3v) is 5.44. The van der Waals surface area contributed by atoms with E-state index in [0.717, 1.165) is 22.0 Å². The van der Waals surface area contributed by atoms with Crippen LogP contribution in [0.4, 0.5) is 9.59 Å². The van der Waals surface area contributed by atoms with Crippen molar-refractivity contribution in [1.29, 1.82) is 0 Å². The predicted octanol–water partition coefficient (Wildman–Crippen LogP) is 6.69. The molecule has 37 heavy (non-hydrogen) atoms. The van der Waals surface area contributed by atoms with Crippen LogP contribution in [0.15, 0.2) is 48.7 Å². The number of rotatable bonds is 7. The minimum Gasteiger partial charge on any atom is -0.444 e. The lowest BCUT2D eigenvalue weighted by Crippen LogP contribution is -2.42. The Morgan fingerprint density at radius 2 is 1.54 bits per heavy atom. The monoisotopic (exact) mass is 508 g/mol. The molecule has 1 heterocycles. The molecule has 1 aromatic heterocycles. The lowest BCUT2D eigenvalue weighted by atomic mass is 10.1. The summed E-state index contributed by atoms with van der Waals surface area (Å²) >= 11 is 0. The van der Waals surface area contributed by atoms with Crippen LogP contribution in [0.3, 0.4) is 0 Å². The van der Waals surface area contributed by atoms with E-state index in [1.165, 1.54) is 15.7 Å². The largest absolute Gasteiger partial charge is 0.444 e. The van der Waals surface area contributed by atoms with E-state index in [1.54, 1.807) is 6.20 Å². The SMILES string of the molecule is Cc1cc(C)cc(COCC(Cc2cn(C(=O)OC(C)(C)C)c3ccccc23)NC(=O)OC(C)(C)C)c1. The molecule has 2 aromatic carbocycles. The summed E-state index contributed by atoms with van der Waals surface area (Å²) in [6.07, 6.45) is 1.27. The molecule has 0 aliphatic rings. The van der Waals surface area contributed by atoms with E-state index in [9.17, 15) is 9.59 Å². The summed E-state index contributed by atoms with van der Waals surface area (Å²) in [5.74, 6) is 0. The third kappa shape index (κ3) is 8.64. The molecule has 1 N–H and O–H groups in total. The van der Waals surface area contributed by atoms with E-state index in [1.807, 2.05) is 65.8 Å². The van der Waals surface area contributed by atoms with Crippen LogP contribution in [0.5, 0.6) is 0 Å². The highest BCUT2D eigenvalue weighted by Crippen LogP contribution is 2.24. The minimum atomic E-state index is -0.624. The number of aryl methyl sites for hydroxylation is 2. The van der Waals surface area contributed by atoms with Crippen molar-refractivity contribution in [1.82, 2.24) is 9.88 Å². The molecule has 0 radical (unpaired) electrons. The van der Waals surface area contributed by atoms with Crippen LogP contribution in [0, 0.1) is 13.8 Å². The number of carbonyl (C=O) groups excluding carboxylic acids is 2. The molecular formula is C30H40N2O5. The van der Waals surface area contributed by atoms with Crippen molar-refractivity contribution < 1.29 is 23.8 Å². The Morgan fingerprint density at radius 1 is 0.919 bits per heavy atom. The molecule has 1 amide bonds. The number of ether oxygens (including phenoxy) is 3. The van der Waals surface area contributed by atoms with Crippen molar-refractivity contribution >= 4 is 23.1 Å². The number of para-hydroxylation sites is 1. The topological polar surface area (TPSA) is 78.8 Å². The van der Waals surface area contributed by atoms with Gasteiger partial charge in [-0.3, -0.25) is 4.57 Å². The fourth-order valence-corrected chi connectivity index (χ4v) is 4.24. The van der Waals surface area contributed by atoms with Gasteiger partial charge in [-0.05, 0) is 79.0 Å². The van der Waals surface area contributed by atoms with E-state index in [2.05, 4.69) is 37.4 Å². The molecule has 0 aliphatic carbocycles. The van der Waals surface area contributed by atoms with Gasteiger partial charge in [-0.1, -0.05) is 47.5 Å². The highest BCUT2D eigenvalue weighted by Gasteiger charge is 2.24. The molecule has 0 spiro atoms. The van der Waals surface area contributed by atoms with Gasteiger partial charge in [-0.2, -0.15) is 0 Å². The summed E-state index contributed by atoms with van der Waals surface area (Å²) < 4.78 is 18.7. The number of nitrogens with zero attached hydrogens (tertiary/aromatic N) is 1. The summed E-state index contributed by atoms with van der Waals surface area (Å²) in [5, 5.41) is 3.88. The second-order valence-electron chi connectivity index (χ2n) is 11.6. The molecule has 1 unspecified atom stereocenters. The lowest BCUT2D eigenvalue weighted by molar-refractivity contribution is 0.0427. The second kappa shape index (κ2) is 11.4. The number of fused-ring (bicyclic) bond motifs is 1. The Morgan fingerprint density at radius 3 is 2.16 bits per heavy atom. The normalized spacial score (nSPS) is 12.9. The second-order valence-corrected chi connectivity index (χ2v) is 11.6. The molecule has 7 heteroatoms. The van der Waals surface area contributed by atoms with E-state index in [-0.39, 0.29) is 12.6 Å². The van der Waals surface area contributed by atoms with E-state index >= 15 is 0 Å². The average molecular weight is 509 g/mol. The smallest absolute Gasteiger partial charge is 0.419 e. The van der Waals surface area contributed by atoms with Gasteiger partial charge in [0, 0.05) is 11.6 Å². The Kier molecular flexibility index (Phi) is 8.69. The van der Waals surface area contributed by atoms with Gasteiger partial charge in [-0.15, -0.1) is 0 Å². The summed E-state index contributed by atoms with van der Waals surface area (Å²) in [6.45, 7) is 15.8. The van der Waals surface area contributed by atoms with Crippen LogP contribution in [0.2, 0.25) is 0 Å². The molecule has 0 fully saturated rings. The molecule has 0 bridgehead atoms. The average Bonchev–Trinajstić information content (AvgIpc) is 3.09. The Balaban J connectivity index is 1.83. The number of alkyl carbamates (subject to hydrolysis) is 1. The summed E-state index contributed by atoms with van der Waals surface area (Å²) in [6, 6.07) is 13.6. The molecule has 1 atom stereocenters. The lowest BCUT2D eigenvalue weighted by Gasteiger charge is -2.24. The van der Waals surface area contributed by atoms with Gasteiger partial charge in [0.05, 0.1) is 24.8 Å². The zero-order valence-corrected chi connectivity index (χ0v) is 23.3. The third-order valence-electron chi connectivity index (χ3n) is 5.44. The van der Waals surface area contributed by atoms with Crippen LogP contribution >= 0.6 is 0 Å². The van der Waals surface area contributed by atoms with Crippen molar-refractivity contribution in [2.75, 3.05) is 6.61 Å². The quantitative estimate of drug-likeness (QED) is 0.384. The van der Waals surface area contributed by atoms with Crippen molar-refractivity contribution in [3.8, 4) is 0 Å². The Hall–Kier alpha value is -3.32. The van der Waals surface area contributed by atoms with E-state index in [0.29, 0.717) is 13.0 Å². The molecule has 7 nitrogen and oxygen atoms in total. The Labute approximate surface area is 220 Å². The number of hydrogen-bond donors (Lipinski definition) is 1. The number of carbonyl (C=O) groups is 2. The van der Waals surface area contributed by atoms with E-state index in [4.69, 9.17) is 14.2 Å². The first-order valence-electron chi connectivity index (χ1n) is 12.7. The molecule has 3 rings (SSSR count). The molecule has 0 aliphatic heterocycles.